The molecule has 0 aromatic heterocycles. The summed E-state index contributed by atoms with van der Waals surface area (Å²) in [6.07, 6.45) is -1.16. The zero-order valence-corrected chi connectivity index (χ0v) is 15.8. The Morgan fingerprint density at radius 2 is 1.36 bits per heavy atom. The average Bonchev–Trinajstić information content (AvgIpc) is 3.16. The number of carbonyl (C=O) groups excluding carboxylic acids is 7. The molecule has 0 aromatic rings. The fourth-order valence-corrected chi connectivity index (χ4v) is 4.00. The SMILES string of the molecule is O=C(C[CH2][Co](=[O])[N]1C(=O)CCC1=O)COC(=O)CCC(=O)N1C(=O)CCC1=O. The van der Waals surface area contributed by atoms with Crippen LogP contribution in [0.25, 0.3) is 0 Å². The number of hydrogen-bond donors (Lipinski definition) is 0. The Morgan fingerprint density at radius 1 is 0.821 bits per heavy atom. The molecule has 0 bridgehead atoms. The number of nitrogens with zero attached hydrogens (tertiary/aromatic N) is 2. The fraction of sp³-hybridized carbons (Fsp3) is 0.562. The summed E-state index contributed by atoms with van der Waals surface area (Å²) >= 11 is -2.32. The van der Waals surface area contributed by atoms with Crippen molar-refractivity contribution < 1.29 is 56.0 Å². The van der Waals surface area contributed by atoms with Gasteiger partial charge in [-0.25, -0.2) is 0 Å². The van der Waals surface area contributed by atoms with E-state index in [4.69, 9.17) is 4.74 Å². The Bertz CT molecular complexity index is 680. The van der Waals surface area contributed by atoms with Crippen LogP contribution in [0.3, 0.4) is 0 Å². The Kier molecular flexibility index (Phi) is 7.40. The van der Waals surface area contributed by atoms with Crippen LogP contribution in [0.5, 0.6) is 0 Å². The zero-order chi connectivity index (χ0) is 20.8. The number of ketones is 1. The van der Waals surface area contributed by atoms with Gasteiger partial charge in [-0.1, -0.05) is 0 Å². The number of Topliss-reactive ketones (excluding diaryl/α,β-unsaturated/α-hetero) is 1. The molecule has 0 radical (unpaired) electrons. The normalized spacial score (nSPS) is 17.4. The van der Waals surface area contributed by atoms with Gasteiger partial charge in [-0.15, -0.1) is 0 Å². The molecule has 2 heterocycles. The van der Waals surface area contributed by atoms with E-state index >= 15 is 0 Å². The summed E-state index contributed by atoms with van der Waals surface area (Å²) in [6.45, 7) is -0.612. The molecule has 0 unspecified atom stereocenters. The maximum absolute atomic E-state index is 11.9. The van der Waals surface area contributed by atoms with E-state index in [-0.39, 0.29) is 37.5 Å². The molecule has 12 heteroatoms. The van der Waals surface area contributed by atoms with Gasteiger partial charge in [0.25, 0.3) is 0 Å². The summed E-state index contributed by atoms with van der Waals surface area (Å²) in [5.41, 5.74) is 0. The van der Waals surface area contributed by atoms with E-state index in [0.717, 1.165) is 0 Å². The van der Waals surface area contributed by atoms with Crippen molar-refractivity contribution in [2.45, 2.75) is 50.3 Å². The molecule has 0 atom stereocenters. The van der Waals surface area contributed by atoms with Crippen LogP contribution in [0.15, 0.2) is 0 Å². The third kappa shape index (κ3) is 5.45. The van der Waals surface area contributed by atoms with Crippen LogP contribution < -0.4 is 0 Å². The number of rotatable bonds is 9. The molecule has 0 spiro atoms. The van der Waals surface area contributed by atoms with Gasteiger partial charge in [0.2, 0.25) is 0 Å². The Balaban J connectivity index is 1.66. The molecule has 0 aliphatic carbocycles. The first-order valence-electron chi connectivity index (χ1n) is 8.39. The molecule has 5 amide bonds. The van der Waals surface area contributed by atoms with Crippen LogP contribution in [0, 0.1) is 0 Å². The number of likely N-dealkylation sites (tertiary alicyclic amines) is 1. The maximum atomic E-state index is 11.9. The Labute approximate surface area is 163 Å². The molecule has 11 nitrogen and oxygen atoms in total. The van der Waals surface area contributed by atoms with Gasteiger partial charge >= 0.3 is 163 Å². The molecule has 2 saturated heterocycles. The number of carbonyl (C=O) groups is 7. The quantitative estimate of drug-likeness (QED) is 0.337. The van der Waals surface area contributed by atoms with Gasteiger partial charge in [-0.05, 0) is 0 Å². The van der Waals surface area contributed by atoms with Gasteiger partial charge < -0.3 is 0 Å². The van der Waals surface area contributed by atoms with Crippen LogP contribution in [-0.4, -0.2) is 56.7 Å². The van der Waals surface area contributed by atoms with Crippen molar-refractivity contribution in [3.8, 4) is 0 Å². The number of esters is 1. The van der Waals surface area contributed by atoms with Crippen molar-refractivity contribution in [2.24, 2.45) is 0 Å². The predicted molar refractivity (Wildman–Crippen MR) is 82.5 cm³/mol. The van der Waals surface area contributed by atoms with Crippen LogP contribution in [0.2, 0.25) is 5.36 Å². The van der Waals surface area contributed by atoms with E-state index in [2.05, 4.69) is 0 Å². The Morgan fingerprint density at radius 3 is 1.93 bits per heavy atom. The van der Waals surface area contributed by atoms with E-state index in [1.807, 2.05) is 0 Å². The first-order valence-corrected chi connectivity index (χ1v) is 10.0. The molecule has 2 aliphatic heterocycles. The van der Waals surface area contributed by atoms with Crippen LogP contribution in [0.4, 0.5) is 0 Å². The van der Waals surface area contributed by atoms with E-state index in [0.29, 0.717) is 8.85 Å². The van der Waals surface area contributed by atoms with E-state index < -0.39 is 74.5 Å². The monoisotopic (exact) mass is 441 g/mol. The molecule has 0 saturated carbocycles. The van der Waals surface area contributed by atoms with Crippen molar-refractivity contribution in [1.82, 2.24) is 8.85 Å². The molecule has 155 valence electrons. The van der Waals surface area contributed by atoms with Crippen LogP contribution in [-0.2, 0) is 56.0 Å². The van der Waals surface area contributed by atoms with E-state index in [9.17, 15) is 37.4 Å². The first-order chi connectivity index (χ1) is 13.2. The van der Waals surface area contributed by atoms with Gasteiger partial charge in [0.05, 0.1) is 0 Å². The fourth-order valence-electron chi connectivity index (χ4n) is 2.44. The molecule has 0 N–H and O–H groups in total. The van der Waals surface area contributed by atoms with E-state index in [1.54, 1.807) is 0 Å². The van der Waals surface area contributed by atoms with Crippen molar-refractivity contribution in [1.29, 1.82) is 0 Å². The second-order valence-electron chi connectivity index (χ2n) is 5.94. The van der Waals surface area contributed by atoms with Gasteiger partial charge in [-0.3, -0.25) is 0 Å². The second kappa shape index (κ2) is 9.55. The van der Waals surface area contributed by atoms with Crippen molar-refractivity contribution >= 4 is 41.3 Å². The molecular weight excluding hydrogens is 423 g/mol. The average molecular weight is 441 g/mol. The number of ether oxygens (including phenoxy) is 1. The topological polar surface area (TPSA) is 152 Å². The number of imide groups is 4. The minimum atomic E-state index is -2.32. The third-order valence-corrected chi connectivity index (χ3v) is 5.62. The molecular formula is C16H18CoN2O9. The molecule has 2 aliphatic rings. The predicted octanol–water partition coefficient (Wildman–Crippen LogP) is -0.609. The summed E-state index contributed by atoms with van der Waals surface area (Å²) < 4.78 is 17.3. The summed E-state index contributed by atoms with van der Waals surface area (Å²) in [4.78, 5) is 81.3. The molecule has 2 rings (SSSR count). The van der Waals surface area contributed by atoms with Gasteiger partial charge in [-0.2, -0.15) is 0 Å². The zero-order valence-electron chi connectivity index (χ0n) is 14.8. The first kappa shape index (κ1) is 21.7. The van der Waals surface area contributed by atoms with Crippen LogP contribution >= 0.6 is 0 Å². The van der Waals surface area contributed by atoms with E-state index in [1.165, 1.54) is 0 Å². The van der Waals surface area contributed by atoms with Crippen LogP contribution in [0.1, 0.15) is 44.9 Å². The molecule has 2 fully saturated rings. The van der Waals surface area contributed by atoms with Gasteiger partial charge in [0, 0.05) is 0 Å². The summed E-state index contributed by atoms with van der Waals surface area (Å²) in [6, 6.07) is 0. The third-order valence-electron chi connectivity index (χ3n) is 3.88. The summed E-state index contributed by atoms with van der Waals surface area (Å²) in [5.74, 6) is -4.52. The van der Waals surface area contributed by atoms with Gasteiger partial charge in [0.1, 0.15) is 0 Å². The summed E-state index contributed by atoms with van der Waals surface area (Å²) in [7, 11) is 0. The molecule has 0 aromatic carbocycles. The standard InChI is InChI=1S/C12H14NO6.C4H5NO2.Co.O/c1-2-8(14)7-19-12(18)6-5-11(17)13-9(15)3-4-10(13)16;6-3-1-2-4(7)5-3;;/h1-7H2;1-2H2,(H,5,6,7);;/q;;+1;/p-1. The van der Waals surface area contributed by atoms with Gasteiger partial charge in [0.15, 0.2) is 0 Å². The van der Waals surface area contributed by atoms with Crippen molar-refractivity contribution in [3.05, 3.63) is 0 Å². The Hall–Kier alpha value is -2.60. The minimum absolute atomic E-state index is 0.00176. The summed E-state index contributed by atoms with van der Waals surface area (Å²) in [5, 5.41) is -0.224. The van der Waals surface area contributed by atoms with Crippen molar-refractivity contribution in [2.75, 3.05) is 6.61 Å². The number of hydrogen-bond acceptors (Lipinski definition) is 9. The number of amides is 5. The van der Waals surface area contributed by atoms with Crippen molar-refractivity contribution in [3.63, 3.8) is 0 Å². The second-order valence-corrected chi connectivity index (χ2v) is 7.75. The molecule has 28 heavy (non-hydrogen) atoms.